The molecule has 2 rings (SSSR count). The molecule has 0 aliphatic carbocycles. The molecule has 0 saturated heterocycles. The molecule has 0 radical (unpaired) electrons. The summed E-state index contributed by atoms with van der Waals surface area (Å²) in [6, 6.07) is 9.80. The van der Waals surface area contributed by atoms with Crippen LogP contribution in [0.2, 0.25) is 0 Å². The molecule has 2 aromatic rings. The molecule has 114 valence electrons. The van der Waals surface area contributed by atoms with Gasteiger partial charge in [-0.05, 0) is 44.2 Å². The van der Waals surface area contributed by atoms with Crippen molar-refractivity contribution in [3.05, 3.63) is 47.9 Å². The van der Waals surface area contributed by atoms with Crippen molar-refractivity contribution in [2.24, 2.45) is 5.73 Å². The van der Waals surface area contributed by atoms with Gasteiger partial charge in [0.25, 0.3) is 0 Å². The number of furan rings is 1. The second-order valence-electron chi connectivity index (χ2n) is 4.78. The van der Waals surface area contributed by atoms with Gasteiger partial charge in [-0.25, -0.2) is 0 Å². The van der Waals surface area contributed by atoms with Crippen LogP contribution in [0.5, 0.6) is 11.5 Å². The maximum absolute atomic E-state index is 5.95. The fourth-order valence-electron chi connectivity index (χ4n) is 2.38. The molecule has 0 spiro atoms. The molecule has 1 atom stereocenters. The van der Waals surface area contributed by atoms with Gasteiger partial charge in [0.05, 0.1) is 19.5 Å². The first kappa shape index (κ1) is 15.4. The predicted octanol–water partition coefficient (Wildman–Crippen LogP) is 3.36. The van der Waals surface area contributed by atoms with E-state index in [0.717, 1.165) is 29.2 Å². The maximum atomic E-state index is 5.95. The van der Waals surface area contributed by atoms with Crippen molar-refractivity contribution < 1.29 is 13.9 Å². The van der Waals surface area contributed by atoms with Crippen LogP contribution in [-0.4, -0.2) is 19.8 Å². The van der Waals surface area contributed by atoms with Crippen LogP contribution in [0.1, 0.15) is 31.1 Å². The average molecular weight is 289 g/mol. The Morgan fingerprint density at radius 2 is 1.95 bits per heavy atom. The van der Waals surface area contributed by atoms with Gasteiger partial charge in [-0.3, -0.25) is 0 Å². The Hall–Kier alpha value is -1.94. The highest BCUT2D eigenvalue weighted by Gasteiger charge is 2.17. The molecular weight excluding hydrogens is 266 g/mol. The quantitative estimate of drug-likeness (QED) is 0.809. The van der Waals surface area contributed by atoms with E-state index < -0.39 is 0 Å². The highest BCUT2D eigenvalue weighted by atomic mass is 16.5. The third kappa shape index (κ3) is 4.02. The number of ether oxygens (including phenoxy) is 2. The van der Waals surface area contributed by atoms with Crippen molar-refractivity contribution >= 4 is 0 Å². The zero-order chi connectivity index (χ0) is 15.1. The molecule has 0 aliphatic heterocycles. The van der Waals surface area contributed by atoms with Crippen LogP contribution in [-0.2, 0) is 6.42 Å². The highest BCUT2D eigenvalue weighted by Crippen LogP contribution is 2.32. The normalized spacial score (nSPS) is 12.1. The fraction of sp³-hybridized carbons (Fsp3) is 0.412. The summed E-state index contributed by atoms with van der Waals surface area (Å²) >= 11 is 0. The van der Waals surface area contributed by atoms with Crippen LogP contribution in [0.15, 0.2) is 41.0 Å². The molecule has 2 N–H and O–H groups in total. The topological polar surface area (TPSA) is 57.6 Å². The summed E-state index contributed by atoms with van der Waals surface area (Å²) in [5.41, 5.74) is 7.05. The van der Waals surface area contributed by atoms with Crippen LogP contribution in [0.4, 0.5) is 0 Å². The summed E-state index contributed by atoms with van der Waals surface area (Å²) in [5.74, 6) is 2.75. The minimum atomic E-state index is 0.161. The van der Waals surface area contributed by atoms with Crippen molar-refractivity contribution in [2.45, 2.75) is 26.2 Å². The molecule has 4 nitrogen and oxygen atoms in total. The second kappa shape index (κ2) is 7.74. The second-order valence-corrected chi connectivity index (χ2v) is 4.78. The summed E-state index contributed by atoms with van der Waals surface area (Å²) in [6.07, 6.45) is 2.45. The lowest BCUT2D eigenvalue weighted by molar-refractivity contribution is 0.318. The summed E-state index contributed by atoms with van der Waals surface area (Å²) < 4.78 is 16.7. The Balaban J connectivity index is 2.25. The van der Waals surface area contributed by atoms with E-state index >= 15 is 0 Å². The van der Waals surface area contributed by atoms with E-state index in [1.54, 1.807) is 6.26 Å². The van der Waals surface area contributed by atoms with Crippen molar-refractivity contribution in [2.75, 3.05) is 19.8 Å². The minimum Gasteiger partial charge on any atom is -0.494 e. The van der Waals surface area contributed by atoms with E-state index in [0.29, 0.717) is 19.8 Å². The van der Waals surface area contributed by atoms with Gasteiger partial charge in [-0.2, -0.15) is 0 Å². The van der Waals surface area contributed by atoms with Gasteiger partial charge >= 0.3 is 0 Å². The lowest BCUT2D eigenvalue weighted by Gasteiger charge is -2.19. The number of hydrogen-bond donors (Lipinski definition) is 1. The van der Waals surface area contributed by atoms with Gasteiger partial charge < -0.3 is 19.6 Å². The first-order valence-corrected chi connectivity index (χ1v) is 7.40. The summed E-state index contributed by atoms with van der Waals surface area (Å²) in [6.45, 7) is 5.72. The Kier molecular flexibility index (Phi) is 5.69. The number of nitrogens with two attached hydrogens (primary N) is 1. The van der Waals surface area contributed by atoms with Crippen molar-refractivity contribution in [1.82, 2.24) is 0 Å². The molecule has 0 fully saturated rings. The van der Waals surface area contributed by atoms with E-state index in [4.69, 9.17) is 19.6 Å². The minimum absolute atomic E-state index is 0.161. The molecule has 0 bridgehead atoms. The molecule has 1 aromatic heterocycles. The SMILES string of the molecule is CCOc1ccc(C(CN)Cc2ccco2)c(OCC)c1. The van der Waals surface area contributed by atoms with Gasteiger partial charge in [0.15, 0.2) is 0 Å². The van der Waals surface area contributed by atoms with Gasteiger partial charge in [0.1, 0.15) is 17.3 Å². The van der Waals surface area contributed by atoms with Crippen LogP contribution in [0.25, 0.3) is 0 Å². The smallest absolute Gasteiger partial charge is 0.126 e. The molecule has 0 saturated carbocycles. The van der Waals surface area contributed by atoms with Crippen molar-refractivity contribution in [1.29, 1.82) is 0 Å². The number of benzene rings is 1. The zero-order valence-corrected chi connectivity index (χ0v) is 12.7. The summed E-state index contributed by atoms with van der Waals surface area (Å²) in [7, 11) is 0. The molecule has 1 unspecified atom stereocenters. The van der Waals surface area contributed by atoms with Crippen molar-refractivity contribution in [3.63, 3.8) is 0 Å². The molecule has 4 heteroatoms. The Morgan fingerprint density at radius 3 is 2.57 bits per heavy atom. The van der Waals surface area contributed by atoms with Crippen LogP contribution in [0, 0.1) is 0 Å². The van der Waals surface area contributed by atoms with E-state index in [2.05, 4.69) is 0 Å². The monoisotopic (exact) mass is 289 g/mol. The molecule has 1 aromatic carbocycles. The maximum Gasteiger partial charge on any atom is 0.126 e. The molecule has 21 heavy (non-hydrogen) atoms. The first-order valence-electron chi connectivity index (χ1n) is 7.40. The number of rotatable bonds is 8. The third-order valence-electron chi connectivity index (χ3n) is 3.35. The van der Waals surface area contributed by atoms with E-state index in [9.17, 15) is 0 Å². The Bertz CT molecular complexity index is 537. The lowest BCUT2D eigenvalue weighted by Crippen LogP contribution is -2.16. The van der Waals surface area contributed by atoms with E-state index in [-0.39, 0.29) is 5.92 Å². The van der Waals surface area contributed by atoms with Gasteiger partial charge in [0, 0.05) is 18.4 Å². The van der Waals surface area contributed by atoms with Crippen LogP contribution in [0.3, 0.4) is 0 Å². The molecule has 1 heterocycles. The Morgan fingerprint density at radius 1 is 1.14 bits per heavy atom. The highest BCUT2D eigenvalue weighted by molar-refractivity contribution is 5.43. The van der Waals surface area contributed by atoms with Gasteiger partial charge in [0.2, 0.25) is 0 Å². The number of hydrogen-bond acceptors (Lipinski definition) is 4. The lowest BCUT2D eigenvalue weighted by atomic mass is 9.93. The molecular formula is C17H23NO3. The Labute approximate surface area is 125 Å². The average Bonchev–Trinajstić information content (AvgIpc) is 2.99. The van der Waals surface area contributed by atoms with Crippen LogP contribution >= 0.6 is 0 Å². The van der Waals surface area contributed by atoms with Crippen LogP contribution < -0.4 is 15.2 Å². The van der Waals surface area contributed by atoms with E-state index in [1.807, 2.05) is 44.2 Å². The van der Waals surface area contributed by atoms with E-state index in [1.165, 1.54) is 0 Å². The summed E-state index contributed by atoms with van der Waals surface area (Å²) in [4.78, 5) is 0. The molecule has 0 amide bonds. The molecule has 0 aliphatic rings. The van der Waals surface area contributed by atoms with Gasteiger partial charge in [-0.15, -0.1) is 0 Å². The third-order valence-corrected chi connectivity index (χ3v) is 3.35. The predicted molar refractivity (Wildman–Crippen MR) is 83.0 cm³/mol. The zero-order valence-electron chi connectivity index (χ0n) is 12.7. The van der Waals surface area contributed by atoms with Gasteiger partial charge in [-0.1, -0.05) is 6.07 Å². The first-order chi connectivity index (χ1) is 10.3. The summed E-state index contributed by atoms with van der Waals surface area (Å²) in [5, 5.41) is 0. The standard InChI is InChI=1S/C17H23NO3/c1-3-19-15-7-8-16(17(11-15)20-4-2)13(12-18)10-14-6-5-9-21-14/h5-9,11,13H,3-4,10,12,18H2,1-2H3. The largest absolute Gasteiger partial charge is 0.494 e. The fourth-order valence-corrected chi connectivity index (χ4v) is 2.38. The van der Waals surface area contributed by atoms with Crippen molar-refractivity contribution in [3.8, 4) is 11.5 Å².